The van der Waals surface area contributed by atoms with E-state index in [0.717, 1.165) is 3.57 Å². The molecular weight excluding hydrogens is 353 g/mol. The normalized spacial score (nSPS) is 10.2. The number of hydrogen-bond donors (Lipinski definition) is 1. The molecule has 0 aliphatic carbocycles. The van der Waals surface area contributed by atoms with E-state index >= 15 is 0 Å². The summed E-state index contributed by atoms with van der Waals surface area (Å²) >= 11 is 2.21. The minimum Gasteiger partial charge on any atom is -0.492 e. The van der Waals surface area contributed by atoms with Crippen LogP contribution in [0.1, 0.15) is 22.8 Å². The summed E-state index contributed by atoms with van der Waals surface area (Å²) in [4.78, 5) is 12.3. The maximum absolute atomic E-state index is 12.3. The van der Waals surface area contributed by atoms with E-state index in [1.54, 1.807) is 18.2 Å². The van der Waals surface area contributed by atoms with Crippen molar-refractivity contribution in [2.45, 2.75) is 6.92 Å². The van der Waals surface area contributed by atoms with Gasteiger partial charge in [-0.2, -0.15) is 0 Å². The number of benzene rings is 2. The summed E-state index contributed by atoms with van der Waals surface area (Å²) in [5, 5.41) is 0. The third-order valence-corrected chi connectivity index (χ3v) is 3.40. The van der Waals surface area contributed by atoms with Crippen LogP contribution < -0.4 is 10.5 Å². The highest BCUT2D eigenvalue weighted by atomic mass is 127. The van der Waals surface area contributed by atoms with E-state index in [0.29, 0.717) is 29.2 Å². The maximum Gasteiger partial charge on any atom is 0.193 e. The molecule has 19 heavy (non-hydrogen) atoms. The summed E-state index contributed by atoms with van der Waals surface area (Å²) in [6, 6.07) is 12.6. The lowest BCUT2D eigenvalue weighted by atomic mass is 10.0. The van der Waals surface area contributed by atoms with E-state index < -0.39 is 0 Å². The van der Waals surface area contributed by atoms with Gasteiger partial charge < -0.3 is 10.5 Å². The largest absolute Gasteiger partial charge is 0.492 e. The summed E-state index contributed by atoms with van der Waals surface area (Å²) in [5.41, 5.74) is 7.58. The first-order valence-corrected chi connectivity index (χ1v) is 7.02. The molecule has 2 N–H and O–H groups in total. The zero-order valence-corrected chi connectivity index (χ0v) is 12.7. The Kier molecular flexibility index (Phi) is 4.42. The topological polar surface area (TPSA) is 52.3 Å². The Morgan fingerprint density at radius 2 is 1.79 bits per heavy atom. The molecule has 98 valence electrons. The van der Waals surface area contributed by atoms with Crippen LogP contribution in [-0.2, 0) is 0 Å². The van der Waals surface area contributed by atoms with Gasteiger partial charge in [0.1, 0.15) is 5.75 Å². The molecule has 0 bridgehead atoms. The Morgan fingerprint density at radius 1 is 1.16 bits per heavy atom. The van der Waals surface area contributed by atoms with Gasteiger partial charge in [0, 0.05) is 14.7 Å². The van der Waals surface area contributed by atoms with Crippen LogP contribution in [0.4, 0.5) is 5.69 Å². The van der Waals surface area contributed by atoms with Crippen molar-refractivity contribution in [3.05, 3.63) is 57.2 Å². The van der Waals surface area contributed by atoms with Gasteiger partial charge in [0.15, 0.2) is 5.78 Å². The number of halogens is 1. The fourth-order valence-corrected chi connectivity index (χ4v) is 2.10. The first-order chi connectivity index (χ1) is 9.11. The number of nitrogens with two attached hydrogens (primary N) is 1. The number of anilines is 1. The second-order valence-electron chi connectivity index (χ2n) is 4.02. The van der Waals surface area contributed by atoms with Gasteiger partial charge in [0.25, 0.3) is 0 Å². The Labute approximate surface area is 125 Å². The van der Waals surface area contributed by atoms with Crippen molar-refractivity contribution in [2.75, 3.05) is 12.3 Å². The van der Waals surface area contributed by atoms with Crippen molar-refractivity contribution in [3.8, 4) is 5.75 Å². The molecule has 2 aromatic rings. The van der Waals surface area contributed by atoms with Crippen LogP contribution in [0.3, 0.4) is 0 Å². The van der Waals surface area contributed by atoms with Gasteiger partial charge in [0.2, 0.25) is 0 Å². The quantitative estimate of drug-likeness (QED) is 0.511. The van der Waals surface area contributed by atoms with Crippen molar-refractivity contribution in [2.24, 2.45) is 0 Å². The van der Waals surface area contributed by atoms with E-state index in [1.807, 2.05) is 31.2 Å². The summed E-state index contributed by atoms with van der Waals surface area (Å²) in [7, 11) is 0. The molecule has 0 saturated heterocycles. The van der Waals surface area contributed by atoms with E-state index in [2.05, 4.69) is 22.6 Å². The van der Waals surface area contributed by atoms with Crippen molar-refractivity contribution in [1.29, 1.82) is 0 Å². The first kappa shape index (κ1) is 13.9. The van der Waals surface area contributed by atoms with Crippen molar-refractivity contribution in [1.82, 2.24) is 0 Å². The standard InChI is InChI=1S/C15H14INO2/c1-2-19-14-8-5-11(9-13(14)17)15(18)10-3-6-12(16)7-4-10/h3-9H,2,17H2,1H3. The lowest BCUT2D eigenvalue weighted by molar-refractivity contribution is 0.103. The summed E-state index contributed by atoms with van der Waals surface area (Å²) in [6.45, 7) is 2.44. The van der Waals surface area contributed by atoms with Gasteiger partial charge in [-0.05, 0) is 72.0 Å². The monoisotopic (exact) mass is 367 g/mol. The molecule has 2 aromatic carbocycles. The number of carbonyl (C=O) groups excluding carboxylic acids is 1. The Morgan fingerprint density at radius 3 is 2.37 bits per heavy atom. The predicted octanol–water partition coefficient (Wildman–Crippen LogP) is 3.50. The molecule has 0 heterocycles. The lowest BCUT2D eigenvalue weighted by Gasteiger charge is -2.08. The molecule has 2 rings (SSSR count). The van der Waals surface area contributed by atoms with Crippen LogP contribution in [0.5, 0.6) is 5.75 Å². The van der Waals surface area contributed by atoms with Gasteiger partial charge in [-0.25, -0.2) is 0 Å². The Hall–Kier alpha value is -1.56. The molecule has 0 spiro atoms. The van der Waals surface area contributed by atoms with Gasteiger partial charge in [-0.15, -0.1) is 0 Å². The number of carbonyl (C=O) groups is 1. The van der Waals surface area contributed by atoms with Crippen LogP contribution >= 0.6 is 22.6 Å². The lowest BCUT2D eigenvalue weighted by Crippen LogP contribution is -2.04. The molecule has 4 heteroatoms. The average molecular weight is 367 g/mol. The van der Waals surface area contributed by atoms with Crippen molar-refractivity contribution < 1.29 is 9.53 Å². The highest BCUT2D eigenvalue weighted by Crippen LogP contribution is 2.24. The molecule has 0 amide bonds. The van der Waals surface area contributed by atoms with E-state index in [9.17, 15) is 4.79 Å². The molecule has 0 unspecified atom stereocenters. The smallest absolute Gasteiger partial charge is 0.193 e. The number of ketones is 1. The average Bonchev–Trinajstić information content (AvgIpc) is 2.41. The molecule has 0 fully saturated rings. The first-order valence-electron chi connectivity index (χ1n) is 5.94. The summed E-state index contributed by atoms with van der Waals surface area (Å²) in [5.74, 6) is 0.577. The molecular formula is C15H14INO2. The van der Waals surface area contributed by atoms with Gasteiger partial charge in [-0.1, -0.05) is 0 Å². The predicted molar refractivity (Wildman–Crippen MR) is 84.6 cm³/mol. The van der Waals surface area contributed by atoms with E-state index in [-0.39, 0.29) is 5.78 Å². The van der Waals surface area contributed by atoms with Gasteiger partial charge in [-0.3, -0.25) is 4.79 Å². The molecule has 0 aliphatic heterocycles. The van der Waals surface area contributed by atoms with Gasteiger partial charge in [0.05, 0.1) is 12.3 Å². The molecule has 3 nitrogen and oxygen atoms in total. The Bertz CT molecular complexity index is 594. The SMILES string of the molecule is CCOc1ccc(C(=O)c2ccc(I)cc2)cc1N. The number of ether oxygens (including phenoxy) is 1. The number of nitrogen functional groups attached to an aromatic ring is 1. The minimum absolute atomic E-state index is 0.0360. The third-order valence-electron chi connectivity index (χ3n) is 2.68. The molecule has 0 saturated carbocycles. The van der Waals surface area contributed by atoms with Crippen LogP contribution in [0.15, 0.2) is 42.5 Å². The summed E-state index contributed by atoms with van der Waals surface area (Å²) < 4.78 is 6.45. The fourth-order valence-electron chi connectivity index (χ4n) is 1.74. The molecule has 0 atom stereocenters. The zero-order chi connectivity index (χ0) is 13.8. The van der Waals surface area contributed by atoms with Crippen molar-refractivity contribution in [3.63, 3.8) is 0 Å². The number of hydrogen-bond acceptors (Lipinski definition) is 3. The maximum atomic E-state index is 12.3. The highest BCUT2D eigenvalue weighted by Gasteiger charge is 2.11. The van der Waals surface area contributed by atoms with Crippen molar-refractivity contribution >= 4 is 34.1 Å². The fraction of sp³-hybridized carbons (Fsp3) is 0.133. The molecule has 0 aromatic heterocycles. The third kappa shape index (κ3) is 3.26. The molecule has 0 aliphatic rings. The highest BCUT2D eigenvalue weighted by molar-refractivity contribution is 14.1. The van der Waals surface area contributed by atoms with Crippen LogP contribution in [0, 0.1) is 3.57 Å². The second-order valence-corrected chi connectivity index (χ2v) is 5.27. The summed E-state index contributed by atoms with van der Waals surface area (Å²) in [6.07, 6.45) is 0. The Balaban J connectivity index is 2.29. The van der Waals surface area contributed by atoms with Crippen LogP contribution in [0.2, 0.25) is 0 Å². The van der Waals surface area contributed by atoms with Crippen LogP contribution in [-0.4, -0.2) is 12.4 Å². The minimum atomic E-state index is -0.0360. The molecule has 0 radical (unpaired) electrons. The zero-order valence-electron chi connectivity index (χ0n) is 10.5. The van der Waals surface area contributed by atoms with Crippen LogP contribution in [0.25, 0.3) is 0 Å². The van der Waals surface area contributed by atoms with E-state index in [4.69, 9.17) is 10.5 Å². The van der Waals surface area contributed by atoms with Gasteiger partial charge >= 0.3 is 0 Å². The van der Waals surface area contributed by atoms with E-state index in [1.165, 1.54) is 0 Å². The number of rotatable bonds is 4. The second kappa shape index (κ2) is 6.06.